The van der Waals surface area contributed by atoms with Crippen molar-refractivity contribution < 1.29 is 19.0 Å². The number of esters is 1. The molecule has 0 saturated heterocycles. The van der Waals surface area contributed by atoms with E-state index in [2.05, 4.69) is 26.8 Å². The second-order valence-electron chi connectivity index (χ2n) is 9.22. The number of hydrogen-bond acceptors (Lipinski definition) is 6. The molecular weight excluding hydrogens is 464 g/mol. The maximum absolute atomic E-state index is 12.4. The summed E-state index contributed by atoms with van der Waals surface area (Å²) >= 11 is 6.17. The summed E-state index contributed by atoms with van der Waals surface area (Å²) in [5.41, 5.74) is 9.05. The average Bonchev–Trinajstić information content (AvgIpc) is 2.81. The van der Waals surface area contributed by atoms with Crippen LogP contribution in [0.1, 0.15) is 43.4 Å². The summed E-state index contributed by atoms with van der Waals surface area (Å²) in [4.78, 5) is 12.4. The van der Waals surface area contributed by atoms with Gasteiger partial charge in [0.25, 0.3) is 0 Å². The van der Waals surface area contributed by atoms with Crippen LogP contribution < -0.4 is 19.9 Å². The van der Waals surface area contributed by atoms with Crippen LogP contribution in [-0.2, 0) is 10.2 Å². The monoisotopic (exact) mass is 488 g/mol. The first-order valence-electron chi connectivity index (χ1n) is 11.1. The minimum absolute atomic E-state index is 0.00418. The van der Waals surface area contributed by atoms with E-state index in [1.807, 2.05) is 36.4 Å². The first-order valence-corrected chi connectivity index (χ1v) is 11.4. The molecule has 3 aromatic rings. The van der Waals surface area contributed by atoms with E-state index < -0.39 is 11.9 Å². The Bertz CT molecular complexity index is 1330. The first-order chi connectivity index (χ1) is 16.7. The van der Waals surface area contributed by atoms with Gasteiger partial charge in [0.15, 0.2) is 6.61 Å². The molecule has 4 rings (SSSR count). The van der Waals surface area contributed by atoms with Crippen molar-refractivity contribution in [3.8, 4) is 23.3 Å². The lowest BCUT2D eigenvalue weighted by molar-refractivity contribution is -0.136. The molecule has 0 bridgehead atoms. The van der Waals surface area contributed by atoms with E-state index in [0.717, 1.165) is 5.56 Å². The fraction of sp³-hybridized carbons (Fsp3) is 0.214. The van der Waals surface area contributed by atoms with Crippen LogP contribution >= 0.6 is 11.6 Å². The first kappa shape index (κ1) is 24.2. The van der Waals surface area contributed by atoms with Crippen molar-refractivity contribution in [2.24, 2.45) is 5.73 Å². The molecule has 1 atom stereocenters. The van der Waals surface area contributed by atoms with Gasteiger partial charge in [-0.1, -0.05) is 62.7 Å². The number of carbonyl (C=O) groups is 1. The average molecular weight is 489 g/mol. The number of allylic oxidation sites excluding steroid dienone is 1. The van der Waals surface area contributed by atoms with Crippen molar-refractivity contribution >= 4 is 17.6 Å². The molecule has 6 nitrogen and oxygen atoms in total. The van der Waals surface area contributed by atoms with Crippen LogP contribution in [0.5, 0.6) is 17.2 Å². The van der Waals surface area contributed by atoms with Crippen molar-refractivity contribution in [1.82, 2.24) is 0 Å². The summed E-state index contributed by atoms with van der Waals surface area (Å²) < 4.78 is 16.7. The minimum Gasteiger partial charge on any atom is -0.482 e. The molecule has 1 aliphatic heterocycles. The Labute approximate surface area is 209 Å². The molecule has 3 aromatic carbocycles. The van der Waals surface area contributed by atoms with E-state index in [1.54, 1.807) is 30.3 Å². The number of halogens is 1. The van der Waals surface area contributed by atoms with E-state index in [0.29, 0.717) is 22.1 Å². The second kappa shape index (κ2) is 9.73. The Morgan fingerprint density at radius 2 is 1.80 bits per heavy atom. The molecule has 0 saturated carbocycles. The number of ether oxygens (including phenoxy) is 3. The summed E-state index contributed by atoms with van der Waals surface area (Å²) in [6.07, 6.45) is 0. The van der Waals surface area contributed by atoms with Crippen LogP contribution in [0.15, 0.2) is 78.2 Å². The van der Waals surface area contributed by atoms with E-state index in [4.69, 9.17) is 31.5 Å². The van der Waals surface area contributed by atoms with Crippen LogP contribution in [0.25, 0.3) is 0 Å². The summed E-state index contributed by atoms with van der Waals surface area (Å²) in [6.45, 7) is 6.14. The van der Waals surface area contributed by atoms with Gasteiger partial charge in [0.1, 0.15) is 28.9 Å². The summed E-state index contributed by atoms with van der Waals surface area (Å²) in [5.74, 6) is 0.236. The maximum Gasteiger partial charge on any atom is 0.349 e. The van der Waals surface area contributed by atoms with Gasteiger partial charge >= 0.3 is 5.97 Å². The van der Waals surface area contributed by atoms with Crippen LogP contribution in [0.2, 0.25) is 5.02 Å². The molecule has 0 aromatic heterocycles. The number of nitrogens with two attached hydrogens (primary N) is 1. The van der Waals surface area contributed by atoms with Gasteiger partial charge in [-0.05, 0) is 46.9 Å². The SMILES string of the molecule is CC(C)(C)c1ccc(OCC(=O)Oc2ccc3c(c2)OC(N)=C(C#N)C3c2cccc(Cl)c2)cc1. The highest BCUT2D eigenvalue weighted by Crippen LogP contribution is 2.43. The second-order valence-corrected chi connectivity index (χ2v) is 9.65. The van der Waals surface area contributed by atoms with Crippen molar-refractivity contribution in [3.05, 3.63) is 99.9 Å². The molecular formula is C28H25ClN2O4. The van der Waals surface area contributed by atoms with Gasteiger partial charge in [0, 0.05) is 16.7 Å². The molecule has 0 radical (unpaired) electrons. The third-order valence-electron chi connectivity index (χ3n) is 5.68. The van der Waals surface area contributed by atoms with Crippen LogP contribution in [0.3, 0.4) is 0 Å². The van der Waals surface area contributed by atoms with Gasteiger partial charge in [-0.25, -0.2) is 4.79 Å². The molecule has 1 heterocycles. The number of carbonyl (C=O) groups excluding carboxylic acids is 1. The Kier molecular flexibility index (Phi) is 6.72. The van der Waals surface area contributed by atoms with Crippen molar-refractivity contribution in [2.75, 3.05) is 6.61 Å². The Balaban J connectivity index is 1.48. The largest absolute Gasteiger partial charge is 0.482 e. The predicted molar refractivity (Wildman–Crippen MR) is 133 cm³/mol. The quantitative estimate of drug-likeness (QED) is 0.358. The molecule has 178 valence electrons. The molecule has 0 spiro atoms. The van der Waals surface area contributed by atoms with E-state index >= 15 is 0 Å². The lowest BCUT2D eigenvalue weighted by atomic mass is 9.83. The zero-order chi connectivity index (χ0) is 25.2. The van der Waals surface area contributed by atoms with Crippen LogP contribution in [-0.4, -0.2) is 12.6 Å². The normalized spacial score (nSPS) is 15.0. The van der Waals surface area contributed by atoms with Crippen molar-refractivity contribution in [1.29, 1.82) is 5.26 Å². The fourth-order valence-electron chi connectivity index (χ4n) is 3.88. The van der Waals surface area contributed by atoms with Crippen LogP contribution in [0.4, 0.5) is 0 Å². The summed E-state index contributed by atoms with van der Waals surface area (Å²) in [6, 6.07) is 21.9. The maximum atomic E-state index is 12.4. The highest BCUT2D eigenvalue weighted by Gasteiger charge is 2.31. The molecule has 1 unspecified atom stereocenters. The molecule has 35 heavy (non-hydrogen) atoms. The Morgan fingerprint density at radius 3 is 2.46 bits per heavy atom. The van der Waals surface area contributed by atoms with E-state index in [9.17, 15) is 10.1 Å². The number of benzene rings is 3. The van der Waals surface area contributed by atoms with Gasteiger partial charge in [0.2, 0.25) is 5.88 Å². The Hall–Kier alpha value is -3.95. The van der Waals surface area contributed by atoms with E-state index in [-0.39, 0.29) is 29.2 Å². The lowest BCUT2D eigenvalue weighted by Crippen LogP contribution is -2.21. The van der Waals surface area contributed by atoms with Crippen LogP contribution in [0, 0.1) is 11.3 Å². The lowest BCUT2D eigenvalue weighted by Gasteiger charge is -2.26. The minimum atomic E-state index is -0.562. The summed E-state index contributed by atoms with van der Waals surface area (Å²) in [7, 11) is 0. The standard InChI is InChI=1S/C28H25ClN2O4/c1-28(2,3)18-7-9-20(10-8-18)33-16-25(32)34-21-11-12-22-24(14-21)35-27(31)23(15-30)26(22)17-5-4-6-19(29)13-17/h4-14,26H,16,31H2,1-3H3. The van der Waals surface area contributed by atoms with Gasteiger partial charge in [-0.2, -0.15) is 5.26 Å². The van der Waals surface area contributed by atoms with Gasteiger partial charge in [-0.15, -0.1) is 0 Å². The number of hydrogen-bond donors (Lipinski definition) is 1. The van der Waals surface area contributed by atoms with Gasteiger partial charge < -0.3 is 19.9 Å². The number of fused-ring (bicyclic) bond motifs is 1. The smallest absolute Gasteiger partial charge is 0.349 e. The topological polar surface area (TPSA) is 94.6 Å². The van der Waals surface area contributed by atoms with E-state index in [1.165, 1.54) is 5.56 Å². The highest BCUT2D eigenvalue weighted by atomic mass is 35.5. The third kappa shape index (κ3) is 5.42. The molecule has 7 heteroatoms. The number of rotatable bonds is 5. The highest BCUT2D eigenvalue weighted by molar-refractivity contribution is 6.30. The van der Waals surface area contributed by atoms with Crippen molar-refractivity contribution in [2.45, 2.75) is 32.1 Å². The van der Waals surface area contributed by atoms with Gasteiger partial charge in [-0.3, -0.25) is 0 Å². The molecule has 1 aliphatic rings. The fourth-order valence-corrected chi connectivity index (χ4v) is 4.08. The predicted octanol–water partition coefficient (Wildman–Crippen LogP) is 5.84. The molecule has 2 N–H and O–H groups in total. The molecule has 0 amide bonds. The molecule has 0 aliphatic carbocycles. The number of nitriles is 1. The van der Waals surface area contributed by atoms with Gasteiger partial charge in [0.05, 0.1) is 5.92 Å². The zero-order valence-corrected chi connectivity index (χ0v) is 20.4. The van der Waals surface area contributed by atoms with Crippen molar-refractivity contribution in [3.63, 3.8) is 0 Å². The molecule has 0 fully saturated rings. The number of nitrogens with zero attached hydrogens (tertiary/aromatic N) is 1. The summed E-state index contributed by atoms with van der Waals surface area (Å²) in [5, 5.41) is 10.2. The zero-order valence-electron chi connectivity index (χ0n) is 19.7. The third-order valence-corrected chi connectivity index (χ3v) is 5.92. The Morgan fingerprint density at radius 1 is 1.09 bits per heavy atom.